The molecule has 0 atom stereocenters. The van der Waals surface area contributed by atoms with E-state index < -0.39 is 0 Å². The summed E-state index contributed by atoms with van der Waals surface area (Å²) in [5, 5.41) is 7.28. The molecule has 58 heavy (non-hydrogen) atoms. The molecule has 0 aliphatic carbocycles. The van der Waals surface area contributed by atoms with Gasteiger partial charge in [-0.05, 0) is 57.1 Å². The highest BCUT2D eigenvalue weighted by Gasteiger charge is 2.20. The van der Waals surface area contributed by atoms with E-state index in [4.69, 9.17) is 19.9 Å². The third-order valence-electron chi connectivity index (χ3n) is 11.2. The van der Waals surface area contributed by atoms with Gasteiger partial charge in [0.2, 0.25) is 0 Å². The number of fused-ring (bicyclic) bond motifs is 10. The van der Waals surface area contributed by atoms with Crippen LogP contribution in [0.25, 0.3) is 115 Å². The fraction of sp³-hybridized carbons (Fsp3) is 0. The summed E-state index contributed by atoms with van der Waals surface area (Å²) >= 11 is 1.82. The largest absolute Gasteiger partial charge is 0.291 e. The highest BCUT2D eigenvalue weighted by Crippen LogP contribution is 2.43. The molecule has 6 heteroatoms. The molecule has 0 fully saturated rings. The molecular formula is C52H31N5S. The van der Waals surface area contributed by atoms with Crippen LogP contribution in [0.5, 0.6) is 0 Å². The first-order valence-electron chi connectivity index (χ1n) is 19.4. The summed E-state index contributed by atoms with van der Waals surface area (Å²) in [6, 6.07) is 66.2. The van der Waals surface area contributed by atoms with Crippen molar-refractivity contribution >= 4 is 69.7 Å². The number of benzene rings is 8. The summed E-state index contributed by atoms with van der Waals surface area (Å²) in [7, 11) is 0. The molecule has 0 N–H and O–H groups in total. The third-order valence-corrected chi connectivity index (χ3v) is 12.4. The molecule has 0 unspecified atom stereocenters. The molecule has 4 heterocycles. The zero-order chi connectivity index (χ0) is 38.2. The van der Waals surface area contributed by atoms with Crippen LogP contribution in [-0.2, 0) is 0 Å². The van der Waals surface area contributed by atoms with E-state index in [1.54, 1.807) is 0 Å². The number of pyridine rings is 1. The number of hydrogen-bond donors (Lipinski definition) is 0. The van der Waals surface area contributed by atoms with E-state index in [-0.39, 0.29) is 0 Å². The minimum Gasteiger partial charge on any atom is -0.291 e. The summed E-state index contributed by atoms with van der Waals surface area (Å²) in [5.41, 5.74) is 10.3. The van der Waals surface area contributed by atoms with E-state index in [0.717, 1.165) is 55.6 Å². The first-order valence-corrected chi connectivity index (χ1v) is 20.2. The van der Waals surface area contributed by atoms with Gasteiger partial charge < -0.3 is 0 Å². The van der Waals surface area contributed by atoms with Crippen molar-refractivity contribution in [1.29, 1.82) is 0 Å². The smallest absolute Gasteiger partial charge is 0.164 e. The fourth-order valence-corrected chi connectivity index (χ4v) is 9.51. The lowest BCUT2D eigenvalue weighted by Crippen LogP contribution is -2.00. The first-order chi connectivity index (χ1) is 28.7. The zero-order valence-corrected chi connectivity index (χ0v) is 31.9. The summed E-state index contributed by atoms with van der Waals surface area (Å²) in [5.74, 6) is 1.89. The minimum atomic E-state index is 0.624. The monoisotopic (exact) mass is 757 g/mol. The molecular weight excluding hydrogens is 727 g/mol. The van der Waals surface area contributed by atoms with Crippen LogP contribution in [0.4, 0.5) is 0 Å². The number of rotatable bonds is 5. The van der Waals surface area contributed by atoms with Crippen LogP contribution in [0.15, 0.2) is 188 Å². The van der Waals surface area contributed by atoms with E-state index in [0.29, 0.717) is 17.5 Å². The Kier molecular flexibility index (Phi) is 7.33. The number of imidazole rings is 1. The van der Waals surface area contributed by atoms with Crippen molar-refractivity contribution in [2.45, 2.75) is 0 Å². The molecule has 0 bridgehead atoms. The molecule has 0 spiro atoms. The number of aromatic nitrogens is 5. The molecule has 5 nitrogen and oxygen atoms in total. The Morgan fingerprint density at radius 2 is 0.879 bits per heavy atom. The van der Waals surface area contributed by atoms with Crippen LogP contribution < -0.4 is 0 Å². The Morgan fingerprint density at radius 1 is 0.362 bits per heavy atom. The summed E-state index contributed by atoms with van der Waals surface area (Å²) in [6.07, 6.45) is 0. The maximum atomic E-state index is 5.43. The van der Waals surface area contributed by atoms with Gasteiger partial charge in [-0.15, -0.1) is 11.3 Å². The number of thiophene rings is 1. The molecule has 12 rings (SSSR count). The lowest BCUT2D eigenvalue weighted by Gasteiger charge is -2.11. The van der Waals surface area contributed by atoms with Gasteiger partial charge in [0.05, 0.1) is 21.4 Å². The quantitative estimate of drug-likeness (QED) is 0.175. The molecule has 0 saturated heterocycles. The van der Waals surface area contributed by atoms with Crippen molar-refractivity contribution in [2.24, 2.45) is 0 Å². The standard InChI is InChI=1S/C52H31N5S/c1-3-11-32(12-4-1)33-19-23-37(24-20-33)50-54-49(36-14-5-2-6-15-36)55-51(56-50)38-25-21-35(22-26-38)45-31-43-42-29-39-16-7-8-17-40(39)30-46(42)58-48(43)52-53-47-41-18-10-9-13-34(41)27-28-44(47)57(45)52/h1-31H. The lowest BCUT2D eigenvalue weighted by molar-refractivity contribution is 1.07. The molecule has 270 valence electrons. The fourth-order valence-electron chi connectivity index (χ4n) is 8.32. The predicted molar refractivity (Wildman–Crippen MR) is 241 cm³/mol. The average molecular weight is 758 g/mol. The van der Waals surface area contributed by atoms with Gasteiger partial charge in [-0.2, -0.15) is 0 Å². The Balaban J connectivity index is 1.03. The Hall–Kier alpha value is -7.54. The topological polar surface area (TPSA) is 56.0 Å². The van der Waals surface area contributed by atoms with Crippen LogP contribution in [-0.4, -0.2) is 24.3 Å². The van der Waals surface area contributed by atoms with Crippen molar-refractivity contribution in [3.63, 3.8) is 0 Å². The van der Waals surface area contributed by atoms with Gasteiger partial charge in [0, 0.05) is 37.5 Å². The molecule has 0 radical (unpaired) electrons. The Labute approximate surface area is 337 Å². The maximum absolute atomic E-state index is 5.43. The first kappa shape index (κ1) is 32.7. The van der Waals surface area contributed by atoms with Gasteiger partial charge in [-0.1, -0.05) is 164 Å². The van der Waals surface area contributed by atoms with Crippen molar-refractivity contribution in [1.82, 2.24) is 24.3 Å². The molecule has 8 aromatic carbocycles. The van der Waals surface area contributed by atoms with Crippen molar-refractivity contribution in [3.8, 4) is 56.5 Å². The molecule has 12 aromatic rings. The highest BCUT2D eigenvalue weighted by atomic mass is 32.1. The average Bonchev–Trinajstić information content (AvgIpc) is 3.87. The van der Waals surface area contributed by atoms with E-state index in [1.165, 1.54) is 41.9 Å². The van der Waals surface area contributed by atoms with Crippen molar-refractivity contribution < 1.29 is 0 Å². The highest BCUT2D eigenvalue weighted by molar-refractivity contribution is 7.26. The Morgan fingerprint density at radius 3 is 1.55 bits per heavy atom. The molecule has 4 aromatic heterocycles. The van der Waals surface area contributed by atoms with E-state index in [1.807, 2.05) is 47.7 Å². The van der Waals surface area contributed by atoms with Crippen LogP contribution >= 0.6 is 11.3 Å². The van der Waals surface area contributed by atoms with Gasteiger partial charge in [0.1, 0.15) is 0 Å². The minimum absolute atomic E-state index is 0.624. The SMILES string of the molecule is c1ccc(-c2ccc(-c3nc(-c4ccccc4)nc(-c4ccc(-c5cc6c7cc8ccccc8cc7sc6c6nc7c8ccccc8ccc7n56)cc4)n3)cc2)cc1. The van der Waals surface area contributed by atoms with Gasteiger partial charge in [0.15, 0.2) is 23.1 Å². The predicted octanol–water partition coefficient (Wildman–Crippen LogP) is 13.7. The zero-order valence-electron chi connectivity index (χ0n) is 31.0. The third kappa shape index (κ3) is 5.30. The van der Waals surface area contributed by atoms with Crippen molar-refractivity contribution in [3.05, 3.63) is 188 Å². The van der Waals surface area contributed by atoms with E-state index in [2.05, 4.69) is 156 Å². The summed E-state index contributed by atoms with van der Waals surface area (Å²) < 4.78 is 4.80. The van der Waals surface area contributed by atoms with E-state index in [9.17, 15) is 0 Å². The summed E-state index contributed by atoms with van der Waals surface area (Å²) in [4.78, 5) is 20.5. The Bertz CT molecular complexity index is 3540. The molecule has 0 amide bonds. The van der Waals surface area contributed by atoms with Gasteiger partial charge in [-0.3, -0.25) is 4.40 Å². The second kappa shape index (κ2) is 13.0. The second-order valence-corrected chi connectivity index (χ2v) is 15.7. The lowest BCUT2D eigenvalue weighted by atomic mass is 10.0. The van der Waals surface area contributed by atoms with Crippen LogP contribution in [0, 0.1) is 0 Å². The molecule has 0 aliphatic heterocycles. The second-order valence-electron chi connectivity index (χ2n) is 14.7. The van der Waals surface area contributed by atoms with Gasteiger partial charge in [-0.25, -0.2) is 19.9 Å². The van der Waals surface area contributed by atoms with E-state index >= 15 is 0 Å². The summed E-state index contributed by atoms with van der Waals surface area (Å²) in [6.45, 7) is 0. The number of nitrogens with zero attached hydrogens (tertiary/aromatic N) is 5. The van der Waals surface area contributed by atoms with Gasteiger partial charge >= 0.3 is 0 Å². The van der Waals surface area contributed by atoms with Crippen LogP contribution in [0.1, 0.15) is 0 Å². The normalized spacial score (nSPS) is 11.8. The number of hydrogen-bond acceptors (Lipinski definition) is 5. The maximum Gasteiger partial charge on any atom is 0.164 e. The van der Waals surface area contributed by atoms with Crippen LogP contribution in [0.2, 0.25) is 0 Å². The van der Waals surface area contributed by atoms with Crippen LogP contribution in [0.3, 0.4) is 0 Å². The van der Waals surface area contributed by atoms with Crippen molar-refractivity contribution in [2.75, 3.05) is 0 Å². The van der Waals surface area contributed by atoms with Gasteiger partial charge in [0.25, 0.3) is 0 Å². The molecule has 0 aliphatic rings. The molecule has 0 saturated carbocycles.